The third-order valence-electron chi connectivity index (χ3n) is 5.13. The number of rotatable bonds is 5. The lowest BCUT2D eigenvalue weighted by Crippen LogP contribution is -2.48. The highest BCUT2D eigenvalue weighted by atomic mass is 16.4. The van der Waals surface area contributed by atoms with Crippen molar-refractivity contribution in [3.8, 4) is 0 Å². The number of amides is 2. The second-order valence-electron chi connectivity index (χ2n) is 7.57. The summed E-state index contributed by atoms with van der Waals surface area (Å²) in [6.45, 7) is 4.53. The molecular formula is C21H33N5O7. The molecule has 0 radical (unpaired) electrons. The molecule has 5 N–H and O–H groups in total. The predicted molar refractivity (Wildman–Crippen MR) is 121 cm³/mol. The normalized spacial score (nSPS) is 16.5. The SMILES string of the molecule is Cc1ccc(N2CCN(CC(=O)O)CCN(CC(=O)O)CCN(C(=O)O)CC2)cc1.NC=O. The van der Waals surface area contributed by atoms with Gasteiger partial charge in [-0.05, 0) is 19.1 Å². The number of aliphatic carboxylic acids is 2. The molecule has 0 saturated carbocycles. The van der Waals surface area contributed by atoms with Crippen molar-refractivity contribution < 1.29 is 34.5 Å². The quantitative estimate of drug-likeness (QED) is 0.421. The molecule has 12 nitrogen and oxygen atoms in total. The van der Waals surface area contributed by atoms with E-state index in [2.05, 4.69) is 10.6 Å². The molecule has 1 aliphatic rings. The molecule has 1 aromatic rings. The Kier molecular flexibility index (Phi) is 12.3. The number of benzene rings is 1. The van der Waals surface area contributed by atoms with Crippen molar-refractivity contribution in [3.63, 3.8) is 0 Å². The van der Waals surface area contributed by atoms with Crippen LogP contribution in [0.1, 0.15) is 5.56 Å². The monoisotopic (exact) mass is 467 g/mol. The van der Waals surface area contributed by atoms with Crippen molar-refractivity contribution in [2.75, 3.05) is 70.3 Å². The molecule has 0 atom stereocenters. The molecule has 2 rings (SSSR count). The van der Waals surface area contributed by atoms with E-state index in [1.54, 1.807) is 9.80 Å². The van der Waals surface area contributed by atoms with Crippen LogP contribution in [-0.2, 0) is 14.4 Å². The second-order valence-corrected chi connectivity index (χ2v) is 7.57. The van der Waals surface area contributed by atoms with Crippen LogP contribution in [0.2, 0.25) is 0 Å². The highest BCUT2D eigenvalue weighted by Crippen LogP contribution is 2.15. The Bertz CT molecular complexity index is 775. The molecular weight excluding hydrogens is 434 g/mol. The van der Waals surface area contributed by atoms with Crippen molar-refractivity contribution in [3.05, 3.63) is 29.8 Å². The minimum Gasteiger partial charge on any atom is -0.480 e. The molecule has 1 heterocycles. The van der Waals surface area contributed by atoms with Gasteiger partial charge in [-0.1, -0.05) is 17.7 Å². The summed E-state index contributed by atoms with van der Waals surface area (Å²) in [5.74, 6) is -1.94. The smallest absolute Gasteiger partial charge is 0.407 e. The van der Waals surface area contributed by atoms with Crippen LogP contribution in [0.15, 0.2) is 24.3 Å². The van der Waals surface area contributed by atoms with Crippen LogP contribution in [0.3, 0.4) is 0 Å². The van der Waals surface area contributed by atoms with Crippen LogP contribution in [0, 0.1) is 6.92 Å². The van der Waals surface area contributed by atoms with Crippen molar-refractivity contribution >= 4 is 30.1 Å². The highest BCUT2D eigenvalue weighted by molar-refractivity contribution is 5.69. The molecule has 184 valence electrons. The van der Waals surface area contributed by atoms with E-state index in [-0.39, 0.29) is 39.1 Å². The Morgan fingerprint density at radius 1 is 0.818 bits per heavy atom. The van der Waals surface area contributed by atoms with Gasteiger partial charge in [0.15, 0.2) is 0 Å². The first-order chi connectivity index (χ1) is 15.7. The largest absolute Gasteiger partial charge is 0.480 e. The Morgan fingerprint density at radius 2 is 1.21 bits per heavy atom. The van der Waals surface area contributed by atoms with Gasteiger partial charge in [-0.15, -0.1) is 0 Å². The third kappa shape index (κ3) is 11.2. The lowest BCUT2D eigenvalue weighted by Gasteiger charge is -2.33. The summed E-state index contributed by atoms with van der Waals surface area (Å²) >= 11 is 0. The van der Waals surface area contributed by atoms with Crippen LogP contribution in [-0.4, -0.2) is 120 Å². The molecule has 1 fully saturated rings. The molecule has 0 unspecified atom stereocenters. The number of aryl methyl sites for hydroxylation is 1. The molecule has 12 heteroatoms. The summed E-state index contributed by atoms with van der Waals surface area (Å²) in [5, 5.41) is 27.9. The number of primary amides is 1. The highest BCUT2D eigenvalue weighted by Gasteiger charge is 2.21. The number of carbonyl (C=O) groups excluding carboxylic acids is 1. The van der Waals surface area contributed by atoms with Crippen LogP contribution >= 0.6 is 0 Å². The summed E-state index contributed by atoms with van der Waals surface area (Å²) in [7, 11) is 0. The van der Waals surface area contributed by atoms with Gasteiger partial charge in [0.1, 0.15) is 0 Å². The first-order valence-electron chi connectivity index (χ1n) is 10.5. The zero-order valence-electron chi connectivity index (χ0n) is 18.8. The fourth-order valence-electron chi connectivity index (χ4n) is 3.40. The Morgan fingerprint density at radius 3 is 1.67 bits per heavy atom. The van der Waals surface area contributed by atoms with E-state index in [1.165, 1.54) is 4.90 Å². The number of carboxylic acid groups (broad SMARTS) is 3. The molecule has 0 spiro atoms. The first-order valence-corrected chi connectivity index (χ1v) is 10.5. The number of nitrogens with two attached hydrogens (primary N) is 1. The van der Waals surface area contributed by atoms with Gasteiger partial charge >= 0.3 is 18.0 Å². The summed E-state index contributed by atoms with van der Waals surface area (Å²) < 4.78 is 0. The van der Waals surface area contributed by atoms with Crippen molar-refractivity contribution in [2.45, 2.75) is 6.92 Å². The molecule has 1 saturated heterocycles. The number of hydrogen-bond acceptors (Lipinski definition) is 7. The number of hydrogen-bond donors (Lipinski definition) is 4. The summed E-state index contributed by atoms with van der Waals surface area (Å²) in [6, 6.07) is 7.92. The zero-order chi connectivity index (χ0) is 24.8. The molecule has 1 aromatic carbocycles. The van der Waals surface area contributed by atoms with E-state index in [4.69, 9.17) is 9.90 Å². The number of nitrogens with zero attached hydrogens (tertiary/aromatic N) is 4. The van der Waals surface area contributed by atoms with E-state index in [9.17, 15) is 24.6 Å². The van der Waals surface area contributed by atoms with Gasteiger partial charge in [-0.2, -0.15) is 0 Å². The van der Waals surface area contributed by atoms with Gasteiger partial charge < -0.3 is 30.9 Å². The third-order valence-corrected chi connectivity index (χ3v) is 5.13. The Hall–Kier alpha value is -3.38. The van der Waals surface area contributed by atoms with Crippen LogP contribution in [0.25, 0.3) is 0 Å². The molecule has 33 heavy (non-hydrogen) atoms. The second kappa shape index (κ2) is 14.6. The molecule has 0 aliphatic carbocycles. The maximum absolute atomic E-state index is 11.7. The topological polar surface area (TPSA) is 168 Å². The standard InChI is InChI=1S/C20H30N4O6.CH3NO/c1-16-2-4-17(5-3-16)23-10-8-21(14-18(25)26)6-7-22(15-19(27)28)9-11-24(13-12-23)20(29)30;2-1-3/h2-5H,6-15H2,1H3,(H,25,26)(H,27,28)(H,29,30);1H,(H2,2,3). The van der Waals surface area contributed by atoms with Gasteiger partial charge in [0.05, 0.1) is 13.1 Å². The first kappa shape index (κ1) is 27.7. The average molecular weight is 468 g/mol. The van der Waals surface area contributed by atoms with Crippen molar-refractivity contribution in [1.29, 1.82) is 0 Å². The lowest BCUT2D eigenvalue weighted by atomic mass is 10.2. The van der Waals surface area contributed by atoms with E-state index < -0.39 is 18.0 Å². The summed E-state index contributed by atoms with van der Waals surface area (Å²) in [6.07, 6.45) is -0.793. The lowest BCUT2D eigenvalue weighted by molar-refractivity contribution is -0.140. The Balaban J connectivity index is 0.00000172. The molecule has 0 bridgehead atoms. The fraction of sp³-hybridized carbons (Fsp3) is 0.524. The maximum Gasteiger partial charge on any atom is 0.407 e. The van der Waals surface area contributed by atoms with Gasteiger partial charge in [0, 0.05) is 58.0 Å². The zero-order valence-corrected chi connectivity index (χ0v) is 18.8. The van der Waals surface area contributed by atoms with Gasteiger partial charge in [0.25, 0.3) is 0 Å². The maximum atomic E-state index is 11.7. The summed E-state index contributed by atoms with van der Waals surface area (Å²) in [5.41, 5.74) is 6.23. The van der Waals surface area contributed by atoms with Gasteiger partial charge in [-0.25, -0.2) is 4.79 Å². The fourth-order valence-corrected chi connectivity index (χ4v) is 3.40. The van der Waals surface area contributed by atoms with Crippen molar-refractivity contribution in [2.24, 2.45) is 5.73 Å². The molecule has 2 amide bonds. The minimum atomic E-state index is -1.04. The number of carboxylic acids is 2. The van der Waals surface area contributed by atoms with Crippen molar-refractivity contribution in [1.82, 2.24) is 14.7 Å². The number of carbonyl (C=O) groups is 4. The van der Waals surface area contributed by atoms with Crippen LogP contribution < -0.4 is 10.6 Å². The molecule has 1 aliphatic heterocycles. The average Bonchev–Trinajstić information content (AvgIpc) is 2.72. The van der Waals surface area contributed by atoms with E-state index in [1.807, 2.05) is 31.2 Å². The van der Waals surface area contributed by atoms with Crippen LogP contribution in [0.5, 0.6) is 0 Å². The van der Waals surface area contributed by atoms with E-state index >= 15 is 0 Å². The predicted octanol–water partition coefficient (Wildman–Crippen LogP) is -0.330. The summed E-state index contributed by atoms with van der Waals surface area (Å²) in [4.78, 5) is 49.5. The minimum absolute atomic E-state index is 0.135. The van der Waals surface area contributed by atoms with Crippen LogP contribution in [0.4, 0.5) is 10.5 Å². The van der Waals surface area contributed by atoms with Gasteiger partial charge in [-0.3, -0.25) is 24.2 Å². The van der Waals surface area contributed by atoms with Gasteiger partial charge in [0.2, 0.25) is 6.41 Å². The van der Waals surface area contributed by atoms with E-state index in [0.29, 0.717) is 32.7 Å². The number of anilines is 1. The Labute approximate surface area is 192 Å². The molecule has 0 aromatic heterocycles. The van der Waals surface area contributed by atoms with E-state index in [0.717, 1.165) is 11.3 Å².